The SMILES string of the molecule is CN(CC(C)(C)O)C(=O)CCc1ccc(C#N)cc1. The Bertz CT molecular complexity index is 466. The van der Waals surface area contributed by atoms with E-state index in [0.29, 0.717) is 24.9 Å². The molecule has 1 rings (SSSR count). The highest BCUT2D eigenvalue weighted by Gasteiger charge is 2.18. The highest BCUT2D eigenvalue weighted by Crippen LogP contribution is 2.09. The van der Waals surface area contributed by atoms with Crippen LogP contribution in [0.2, 0.25) is 0 Å². The molecule has 0 unspecified atom stereocenters. The van der Waals surface area contributed by atoms with Gasteiger partial charge < -0.3 is 10.0 Å². The summed E-state index contributed by atoms with van der Waals surface area (Å²) in [4.78, 5) is 13.4. The zero-order valence-electron chi connectivity index (χ0n) is 11.7. The Labute approximate surface area is 114 Å². The van der Waals surface area contributed by atoms with Crippen LogP contribution in [0, 0.1) is 11.3 Å². The predicted octanol–water partition coefficient (Wildman–Crippen LogP) is 1.72. The first-order chi connectivity index (χ1) is 8.81. The van der Waals surface area contributed by atoms with Crippen molar-refractivity contribution < 1.29 is 9.90 Å². The first kappa shape index (κ1) is 15.2. The van der Waals surface area contributed by atoms with Gasteiger partial charge in [-0.05, 0) is 38.0 Å². The molecule has 0 aliphatic carbocycles. The van der Waals surface area contributed by atoms with Gasteiger partial charge in [-0.2, -0.15) is 5.26 Å². The normalized spacial score (nSPS) is 10.9. The van der Waals surface area contributed by atoms with Gasteiger partial charge in [-0.15, -0.1) is 0 Å². The van der Waals surface area contributed by atoms with Gasteiger partial charge in [-0.25, -0.2) is 0 Å². The first-order valence-electron chi connectivity index (χ1n) is 6.27. The molecule has 1 amide bonds. The van der Waals surface area contributed by atoms with Crippen LogP contribution < -0.4 is 0 Å². The van der Waals surface area contributed by atoms with Gasteiger partial charge in [0.05, 0.1) is 17.2 Å². The second-order valence-corrected chi connectivity index (χ2v) is 5.37. The third kappa shape index (κ3) is 5.54. The minimum absolute atomic E-state index is 0.00600. The van der Waals surface area contributed by atoms with E-state index in [1.807, 2.05) is 12.1 Å². The van der Waals surface area contributed by atoms with Crippen LogP contribution >= 0.6 is 0 Å². The second kappa shape index (κ2) is 6.35. The fraction of sp³-hybridized carbons (Fsp3) is 0.467. The summed E-state index contributed by atoms with van der Waals surface area (Å²) in [6.07, 6.45) is 1.04. The minimum Gasteiger partial charge on any atom is -0.389 e. The lowest BCUT2D eigenvalue weighted by molar-refractivity contribution is -0.132. The molecule has 1 aromatic rings. The number of hydrogen-bond donors (Lipinski definition) is 1. The lowest BCUT2D eigenvalue weighted by atomic mass is 10.1. The lowest BCUT2D eigenvalue weighted by Crippen LogP contribution is -2.39. The summed E-state index contributed by atoms with van der Waals surface area (Å²) in [6, 6.07) is 9.29. The van der Waals surface area contributed by atoms with Crippen molar-refractivity contribution in [3.05, 3.63) is 35.4 Å². The van der Waals surface area contributed by atoms with Gasteiger partial charge in [0.15, 0.2) is 0 Å². The van der Waals surface area contributed by atoms with Gasteiger partial charge >= 0.3 is 0 Å². The summed E-state index contributed by atoms with van der Waals surface area (Å²) >= 11 is 0. The fourth-order valence-electron chi connectivity index (χ4n) is 1.86. The molecule has 102 valence electrons. The molecule has 0 heterocycles. The summed E-state index contributed by atoms with van der Waals surface area (Å²) < 4.78 is 0. The van der Waals surface area contributed by atoms with E-state index in [4.69, 9.17) is 5.26 Å². The van der Waals surface area contributed by atoms with Crippen molar-refractivity contribution in [2.24, 2.45) is 0 Å². The zero-order valence-corrected chi connectivity index (χ0v) is 11.7. The number of carbonyl (C=O) groups is 1. The standard InChI is InChI=1S/C15H20N2O2/c1-15(2,19)11-17(3)14(18)9-8-12-4-6-13(10-16)7-5-12/h4-7,19H,8-9,11H2,1-3H3. The summed E-state index contributed by atoms with van der Waals surface area (Å²) in [5.41, 5.74) is 0.775. The Kier molecular flexibility index (Phi) is 5.08. The van der Waals surface area contributed by atoms with Crippen molar-refractivity contribution in [2.45, 2.75) is 32.3 Å². The number of aryl methyl sites for hydroxylation is 1. The van der Waals surface area contributed by atoms with Gasteiger partial charge in [-0.3, -0.25) is 4.79 Å². The van der Waals surface area contributed by atoms with Crippen LogP contribution in [-0.2, 0) is 11.2 Å². The maximum absolute atomic E-state index is 11.9. The van der Waals surface area contributed by atoms with E-state index in [2.05, 4.69) is 6.07 Å². The Morgan fingerprint density at radius 2 is 1.95 bits per heavy atom. The van der Waals surface area contributed by atoms with Crippen molar-refractivity contribution in [2.75, 3.05) is 13.6 Å². The molecule has 0 saturated heterocycles. The molecule has 1 aromatic carbocycles. The molecule has 0 atom stereocenters. The number of nitriles is 1. The molecule has 0 aliphatic rings. The number of hydrogen-bond acceptors (Lipinski definition) is 3. The molecule has 0 saturated carbocycles. The molecule has 0 bridgehead atoms. The van der Waals surface area contributed by atoms with E-state index in [1.54, 1.807) is 37.9 Å². The van der Waals surface area contributed by atoms with Crippen LogP contribution in [0.4, 0.5) is 0 Å². The van der Waals surface area contributed by atoms with Crippen molar-refractivity contribution in [1.82, 2.24) is 4.90 Å². The average Bonchev–Trinajstić information content (AvgIpc) is 2.34. The number of rotatable bonds is 5. The fourth-order valence-corrected chi connectivity index (χ4v) is 1.86. The van der Waals surface area contributed by atoms with Crippen LogP contribution in [0.25, 0.3) is 0 Å². The average molecular weight is 260 g/mol. The minimum atomic E-state index is -0.876. The van der Waals surface area contributed by atoms with Crippen molar-refractivity contribution >= 4 is 5.91 Å². The van der Waals surface area contributed by atoms with Gasteiger partial charge in [0.25, 0.3) is 0 Å². The molecule has 1 N–H and O–H groups in total. The Hall–Kier alpha value is -1.86. The number of nitrogens with zero attached hydrogens (tertiary/aromatic N) is 2. The van der Waals surface area contributed by atoms with E-state index in [1.165, 1.54) is 0 Å². The zero-order chi connectivity index (χ0) is 14.5. The van der Waals surface area contributed by atoms with Crippen LogP contribution in [-0.4, -0.2) is 35.1 Å². The molecular weight excluding hydrogens is 240 g/mol. The van der Waals surface area contributed by atoms with Crippen LogP contribution in [0.15, 0.2) is 24.3 Å². The van der Waals surface area contributed by atoms with E-state index >= 15 is 0 Å². The van der Waals surface area contributed by atoms with E-state index in [0.717, 1.165) is 5.56 Å². The van der Waals surface area contributed by atoms with Crippen LogP contribution in [0.3, 0.4) is 0 Å². The molecule has 0 aliphatic heterocycles. The smallest absolute Gasteiger partial charge is 0.222 e. The largest absolute Gasteiger partial charge is 0.389 e. The summed E-state index contributed by atoms with van der Waals surface area (Å²) in [6.45, 7) is 3.67. The highest BCUT2D eigenvalue weighted by molar-refractivity contribution is 5.76. The van der Waals surface area contributed by atoms with Crippen LogP contribution in [0.1, 0.15) is 31.4 Å². The van der Waals surface area contributed by atoms with Crippen molar-refractivity contribution in [1.29, 1.82) is 5.26 Å². The topological polar surface area (TPSA) is 64.3 Å². The third-order valence-electron chi connectivity index (χ3n) is 2.76. The van der Waals surface area contributed by atoms with E-state index < -0.39 is 5.60 Å². The molecular formula is C15H20N2O2. The summed E-state index contributed by atoms with van der Waals surface area (Å²) in [5.74, 6) is 0.00600. The number of carbonyl (C=O) groups excluding carboxylic acids is 1. The number of likely N-dealkylation sites (N-methyl/N-ethyl adjacent to an activating group) is 1. The maximum Gasteiger partial charge on any atom is 0.222 e. The molecule has 4 nitrogen and oxygen atoms in total. The number of amides is 1. The van der Waals surface area contributed by atoms with Gasteiger partial charge in [0, 0.05) is 20.0 Å². The molecule has 0 fully saturated rings. The quantitative estimate of drug-likeness (QED) is 0.876. The molecule has 0 spiro atoms. The summed E-state index contributed by atoms with van der Waals surface area (Å²) in [7, 11) is 1.69. The summed E-state index contributed by atoms with van der Waals surface area (Å²) in [5, 5.41) is 18.3. The Morgan fingerprint density at radius 3 is 2.42 bits per heavy atom. The molecule has 0 radical (unpaired) electrons. The third-order valence-corrected chi connectivity index (χ3v) is 2.76. The predicted molar refractivity (Wildman–Crippen MR) is 73.4 cm³/mol. The van der Waals surface area contributed by atoms with E-state index in [9.17, 15) is 9.90 Å². The second-order valence-electron chi connectivity index (χ2n) is 5.37. The van der Waals surface area contributed by atoms with Gasteiger partial charge in [0.2, 0.25) is 5.91 Å². The number of aliphatic hydroxyl groups is 1. The first-order valence-corrected chi connectivity index (χ1v) is 6.27. The van der Waals surface area contributed by atoms with E-state index in [-0.39, 0.29) is 5.91 Å². The van der Waals surface area contributed by atoms with Crippen LogP contribution in [0.5, 0.6) is 0 Å². The molecule has 4 heteroatoms. The van der Waals surface area contributed by atoms with Crippen molar-refractivity contribution in [3.63, 3.8) is 0 Å². The monoisotopic (exact) mass is 260 g/mol. The molecule has 19 heavy (non-hydrogen) atoms. The van der Waals surface area contributed by atoms with Crippen molar-refractivity contribution in [3.8, 4) is 6.07 Å². The lowest BCUT2D eigenvalue weighted by Gasteiger charge is -2.25. The maximum atomic E-state index is 11.9. The Balaban J connectivity index is 2.47. The molecule has 0 aromatic heterocycles. The highest BCUT2D eigenvalue weighted by atomic mass is 16.3. The van der Waals surface area contributed by atoms with Gasteiger partial charge in [0.1, 0.15) is 0 Å². The van der Waals surface area contributed by atoms with Gasteiger partial charge in [-0.1, -0.05) is 12.1 Å². The Morgan fingerprint density at radius 1 is 1.37 bits per heavy atom. The number of benzene rings is 1.